The summed E-state index contributed by atoms with van der Waals surface area (Å²) < 4.78 is 17.7. The predicted octanol–water partition coefficient (Wildman–Crippen LogP) is 8.65. The molecule has 0 amide bonds. The molecule has 2 aromatic heterocycles. The first-order valence-corrected chi connectivity index (χ1v) is 21.5. The van der Waals surface area contributed by atoms with E-state index in [1.807, 2.05) is 36.4 Å². The van der Waals surface area contributed by atoms with Crippen molar-refractivity contribution in [1.82, 2.24) is 19.9 Å². The molecule has 9 nitrogen and oxygen atoms in total. The van der Waals surface area contributed by atoms with E-state index in [-0.39, 0.29) is 23.8 Å². The lowest BCUT2D eigenvalue weighted by Crippen LogP contribution is -2.43. The van der Waals surface area contributed by atoms with Crippen molar-refractivity contribution >= 4 is 37.3 Å². The molecule has 0 atom stereocenters. The number of fused-ring (bicyclic) bond motifs is 1. The Morgan fingerprint density at radius 2 is 1.69 bits per heavy atom. The number of methoxy groups -OCH3 is 2. The Morgan fingerprint density at radius 1 is 0.981 bits per heavy atom. The number of ether oxygens (including phenoxy) is 2. The summed E-state index contributed by atoms with van der Waals surface area (Å²) in [6.07, 6.45) is 4.63. The minimum Gasteiger partial charge on any atom is -0.496 e. The average molecular weight is 766 g/mol. The van der Waals surface area contributed by atoms with Crippen LogP contribution in [0, 0.1) is 0 Å². The van der Waals surface area contributed by atoms with Crippen LogP contribution < -0.4 is 9.47 Å². The molecule has 1 aliphatic heterocycles. The minimum absolute atomic E-state index is 0.0589. The van der Waals surface area contributed by atoms with Crippen LogP contribution in [0.15, 0.2) is 48.7 Å². The van der Waals surface area contributed by atoms with Crippen LogP contribution in [0.5, 0.6) is 11.6 Å². The number of unbranched alkanes of at least 4 members (excludes halogenated alkanes) is 1. The maximum absolute atomic E-state index is 13.8. The van der Waals surface area contributed by atoms with Crippen molar-refractivity contribution in [3.63, 3.8) is 0 Å². The number of halogens is 2. The Labute approximate surface area is 318 Å². The van der Waals surface area contributed by atoms with Crippen molar-refractivity contribution in [3.05, 3.63) is 86.9 Å². The highest BCUT2D eigenvalue weighted by atomic mass is 35.5. The van der Waals surface area contributed by atoms with Gasteiger partial charge >= 0.3 is 0 Å². The van der Waals surface area contributed by atoms with Crippen molar-refractivity contribution in [2.24, 2.45) is 0 Å². The second kappa shape index (κ2) is 17.2. The minimum atomic E-state index is -1.84. The van der Waals surface area contributed by atoms with E-state index in [9.17, 15) is 4.79 Å². The Bertz CT molecular complexity index is 1900. The summed E-state index contributed by atoms with van der Waals surface area (Å²) in [5.74, 6) is 0.956. The maximum Gasteiger partial charge on any atom is 0.235 e. The quantitative estimate of drug-likeness (QED) is 0.0723. The first kappa shape index (κ1) is 39.8. The first-order valence-electron chi connectivity index (χ1n) is 17.8. The Kier molecular flexibility index (Phi) is 13.2. The number of Topliss-reactive ketones (excluding diaryl/α,β-unsaturated/α-hetero) is 1. The van der Waals surface area contributed by atoms with Gasteiger partial charge in [-0.2, -0.15) is 0 Å². The average Bonchev–Trinajstić information content (AvgIpc) is 3.11. The van der Waals surface area contributed by atoms with Crippen LogP contribution in [0.2, 0.25) is 28.2 Å². The van der Waals surface area contributed by atoms with Crippen molar-refractivity contribution in [2.75, 3.05) is 40.5 Å². The van der Waals surface area contributed by atoms with Gasteiger partial charge in [0.1, 0.15) is 17.1 Å². The molecule has 1 aliphatic rings. The zero-order chi connectivity index (χ0) is 37.6. The van der Waals surface area contributed by atoms with E-state index in [1.165, 1.54) is 0 Å². The van der Waals surface area contributed by atoms with Crippen molar-refractivity contribution in [1.29, 1.82) is 0 Å². The van der Waals surface area contributed by atoms with E-state index >= 15 is 0 Å². The van der Waals surface area contributed by atoms with Crippen LogP contribution in [0.1, 0.15) is 66.6 Å². The third kappa shape index (κ3) is 9.04. The topological polar surface area (TPSA) is 107 Å². The van der Waals surface area contributed by atoms with Gasteiger partial charge in [-0.05, 0) is 49.4 Å². The molecule has 0 saturated heterocycles. The highest BCUT2D eigenvalue weighted by molar-refractivity contribution is 6.74. The second-order valence-corrected chi connectivity index (χ2v) is 20.3. The van der Waals surface area contributed by atoms with Gasteiger partial charge in [-0.1, -0.05) is 80.4 Å². The molecule has 2 aromatic carbocycles. The number of aliphatic hydroxyl groups excluding tert-OH is 1. The number of hydrogen-bond donors (Lipinski definition) is 1. The van der Waals surface area contributed by atoms with E-state index < -0.39 is 8.32 Å². The Morgan fingerprint density at radius 3 is 2.38 bits per heavy atom. The SMILES string of the molecule is COc1cc(C(=O)Cc2cccc(-c3cccc(-c4cnc(CCCCO)c(OC)n4)c3Cl)c2Cl)nc2c1CCN(CCO[Si](C)(C)C(C)(C)C)C2. The molecule has 0 bridgehead atoms. The molecule has 0 aliphatic carbocycles. The van der Waals surface area contributed by atoms with Crippen molar-refractivity contribution in [3.8, 4) is 34.0 Å². The summed E-state index contributed by atoms with van der Waals surface area (Å²) >= 11 is 14.1. The fraction of sp³-hybridized carbons (Fsp3) is 0.450. The van der Waals surface area contributed by atoms with Crippen LogP contribution in [0.4, 0.5) is 0 Å². The van der Waals surface area contributed by atoms with Gasteiger partial charge in [0.2, 0.25) is 5.88 Å². The molecule has 52 heavy (non-hydrogen) atoms. The Balaban J connectivity index is 1.35. The fourth-order valence-corrected chi connectivity index (χ4v) is 7.77. The molecule has 0 saturated carbocycles. The number of rotatable bonds is 15. The van der Waals surface area contributed by atoms with E-state index in [0.717, 1.165) is 42.9 Å². The van der Waals surface area contributed by atoms with E-state index in [1.54, 1.807) is 26.5 Å². The summed E-state index contributed by atoms with van der Waals surface area (Å²) in [6.45, 7) is 14.4. The summed E-state index contributed by atoms with van der Waals surface area (Å²) in [4.78, 5) is 30.3. The van der Waals surface area contributed by atoms with Crippen molar-refractivity contribution in [2.45, 2.75) is 77.6 Å². The summed E-state index contributed by atoms with van der Waals surface area (Å²) in [6, 6.07) is 13.0. The Hall–Kier alpha value is -3.38. The summed E-state index contributed by atoms with van der Waals surface area (Å²) in [5.41, 5.74) is 6.30. The van der Waals surface area contributed by atoms with Gasteiger partial charge in [0.25, 0.3) is 0 Å². The second-order valence-electron chi connectivity index (χ2n) is 14.7. The maximum atomic E-state index is 13.8. The largest absolute Gasteiger partial charge is 0.496 e. The molecule has 1 N–H and O–H groups in total. The zero-order valence-electron chi connectivity index (χ0n) is 31.3. The van der Waals surface area contributed by atoms with Crippen molar-refractivity contribution < 1.29 is 23.8 Å². The lowest BCUT2D eigenvalue weighted by Gasteiger charge is -2.37. The van der Waals surface area contributed by atoms with Crippen LogP contribution in [0.3, 0.4) is 0 Å². The van der Waals surface area contributed by atoms with Gasteiger partial charge in [0.05, 0.1) is 41.8 Å². The predicted molar refractivity (Wildman–Crippen MR) is 210 cm³/mol. The molecule has 0 spiro atoms. The van der Waals surface area contributed by atoms with Gasteiger partial charge in [-0.3, -0.25) is 14.7 Å². The lowest BCUT2D eigenvalue weighted by atomic mass is 9.97. The van der Waals surface area contributed by atoms with E-state index in [0.29, 0.717) is 81.3 Å². The molecular formula is C40H50Cl2N4O5Si. The van der Waals surface area contributed by atoms with Gasteiger partial charge < -0.3 is 19.0 Å². The standard InChI is InChI=1S/C40H50Cl2N4O5Si/c1-40(2,3)52(6,7)51-21-19-46-18-17-29-34(25-46)44-32(23-36(29)49-4)35(48)22-26-12-10-13-27(37(26)41)28-14-11-15-30(38(28)42)33-24-43-31(16-8-9-20-47)39(45-33)50-5/h10-15,23-24,47H,8-9,16-22,25H2,1-7H3. The number of aromatic nitrogens is 3. The van der Waals surface area contributed by atoms with Gasteiger partial charge in [0.15, 0.2) is 14.1 Å². The number of nitrogens with zero attached hydrogens (tertiary/aromatic N) is 4. The number of aryl methyl sites for hydroxylation is 1. The third-order valence-corrected chi connectivity index (χ3v) is 15.6. The normalized spacial score (nSPS) is 13.6. The first-order chi connectivity index (χ1) is 24.8. The molecule has 3 heterocycles. The number of ketones is 1. The highest BCUT2D eigenvalue weighted by Crippen LogP contribution is 2.41. The van der Waals surface area contributed by atoms with E-state index in [4.69, 9.17) is 52.2 Å². The highest BCUT2D eigenvalue weighted by Gasteiger charge is 2.37. The van der Waals surface area contributed by atoms with E-state index in [2.05, 4.69) is 43.7 Å². The summed E-state index contributed by atoms with van der Waals surface area (Å²) in [7, 11) is 1.36. The third-order valence-electron chi connectivity index (χ3n) is 10.2. The number of pyridine rings is 1. The number of carbonyl (C=O) groups excluding carboxylic acids is 1. The molecule has 12 heteroatoms. The van der Waals surface area contributed by atoms with Crippen LogP contribution in [0.25, 0.3) is 22.4 Å². The number of aliphatic hydroxyl groups is 1. The molecule has 278 valence electrons. The zero-order valence-corrected chi connectivity index (χ0v) is 33.8. The lowest BCUT2D eigenvalue weighted by molar-refractivity contribution is 0.0986. The van der Waals surface area contributed by atoms with Crippen LogP contribution in [-0.4, -0.2) is 79.6 Å². The number of hydrogen-bond acceptors (Lipinski definition) is 9. The molecule has 0 fully saturated rings. The molecular weight excluding hydrogens is 715 g/mol. The van der Waals surface area contributed by atoms with Gasteiger partial charge in [-0.25, -0.2) is 9.97 Å². The monoisotopic (exact) mass is 764 g/mol. The summed E-state index contributed by atoms with van der Waals surface area (Å²) in [5, 5.41) is 10.2. The molecule has 5 rings (SSSR count). The molecule has 4 aromatic rings. The fourth-order valence-electron chi connectivity index (χ4n) is 6.11. The smallest absolute Gasteiger partial charge is 0.235 e. The number of carbonyl (C=O) groups is 1. The van der Waals surface area contributed by atoms with Crippen LogP contribution >= 0.6 is 23.2 Å². The number of benzene rings is 2. The van der Waals surface area contributed by atoms with Crippen LogP contribution in [-0.2, 0) is 30.2 Å². The van der Waals surface area contributed by atoms with Gasteiger partial charge in [0, 0.05) is 67.6 Å². The molecule has 0 radical (unpaired) electrons. The molecule has 0 unspecified atom stereocenters. The van der Waals surface area contributed by atoms with Gasteiger partial charge in [-0.15, -0.1) is 0 Å².